The highest BCUT2D eigenvalue weighted by Gasteiger charge is 2.30. The molecule has 3 atom stereocenters. The minimum atomic E-state index is -0.850. The van der Waals surface area contributed by atoms with Gasteiger partial charge in [-0.2, -0.15) is 0 Å². The van der Waals surface area contributed by atoms with Crippen LogP contribution in [0.25, 0.3) is 0 Å². The third kappa shape index (κ3) is 4.05. The van der Waals surface area contributed by atoms with Crippen molar-refractivity contribution in [1.82, 2.24) is 0 Å². The number of hydrogen-bond donors (Lipinski definition) is 1. The second-order valence-electron chi connectivity index (χ2n) is 3.83. The summed E-state index contributed by atoms with van der Waals surface area (Å²) in [6.07, 6.45) is 2.98. The summed E-state index contributed by atoms with van der Waals surface area (Å²) in [5.74, 6) is 0.0651. The molecule has 0 saturated heterocycles. The second-order valence-corrected chi connectivity index (χ2v) is 3.83. The number of hydrogen-bond acceptors (Lipinski definition) is 3. The summed E-state index contributed by atoms with van der Waals surface area (Å²) in [6.45, 7) is 5.52. The van der Waals surface area contributed by atoms with Crippen LogP contribution in [-0.4, -0.2) is 22.2 Å². The second kappa shape index (κ2) is 6.76. The summed E-state index contributed by atoms with van der Waals surface area (Å²) in [6, 6.07) is -0.850. The van der Waals surface area contributed by atoms with Gasteiger partial charge in [0.1, 0.15) is 6.10 Å². The molecule has 0 aromatic carbocycles. The lowest BCUT2D eigenvalue weighted by atomic mass is 9.90. The molecule has 4 nitrogen and oxygen atoms in total. The molecule has 4 heteroatoms. The van der Waals surface area contributed by atoms with Gasteiger partial charge in [0.2, 0.25) is 6.04 Å². The van der Waals surface area contributed by atoms with Gasteiger partial charge in [-0.25, -0.2) is 0 Å². The lowest BCUT2D eigenvalue weighted by Gasteiger charge is -2.21. The summed E-state index contributed by atoms with van der Waals surface area (Å²) in [5.41, 5.74) is 0. The van der Waals surface area contributed by atoms with Gasteiger partial charge in [-0.1, -0.05) is 33.1 Å². The van der Waals surface area contributed by atoms with Crippen LogP contribution in [0.1, 0.15) is 46.5 Å². The Hall–Kier alpha value is -0.640. The average molecular weight is 203 g/mol. The largest absolute Gasteiger partial charge is 0.386 e. The van der Waals surface area contributed by atoms with E-state index in [0.717, 1.165) is 25.7 Å². The molecule has 0 aliphatic rings. The van der Waals surface area contributed by atoms with E-state index in [0.29, 0.717) is 0 Å². The third-order valence-corrected chi connectivity index (χ3v) is 2.76. The van der Waals surface area contributed by atoms with E-state index in [1.165, 1.54) is 6.92 Å². The average Bonchev–Trinajstić information content (AvgIpc) is 2.17. The highest BCUT2D eigenvalue weighted by molar-refractivity contribution is 4.72. The van der Waals surface area contributed by atoms with E-state index in [4.69, 9.17) is 0 Å². The number of aliphatic hydroxyl groups excluding tert-OH is 1. The van der Waals surface area contributed by atoms with Gasteiger partial charge in [-0.05, 0) is 12.3 Å². The van der Waals surface area contributed by atoms with Crippen LogP contribution in [0.15, 0.2) is 0 Å². The Bertz CT molecular complexity index is 173. The van der Waals surface area contributed by atoms with E-state index in [9.17, 15) is 15.2 Å². The third-order valence-electron chi connectivity index (χ3n) is 2.76. The first kappa shape index (κ1) is 13.4. The van der Waals surface area contributed by atoms with Crippen LogP contribution in [0.3, 0.4) is 0 Å². The van der Waals surface area contributed by atoms with Gasteiger partial charge in [-0.15, -0.1) is 0 Å². The first-order valence-corrected chi connectivity index (χ1v) is 5.36. The van der Waals surface area contributed by atoms with Crippen LogP contribution in [0.4, 0.5) is 0 Å². The molecule has 0 heterocycles. The fourth-order valence-corrected chi connectivity index (χ4v) is 1.60. The van der Waals surface area contributed by atoms with Crippen LogP contribution in [0.5, 0.6) is 0 Å². The summed E-state index contributed by atoms with van der Waals surface area (Å²) in [5, 5.41) is 20.2. The van der Waals surface area contributed by atoms with Crippen molar-refractivity contribution in [3.8, 4) is 0 Å². The van der Waals surface area contributed by atoms with Crippen molar-refractivity contribution in [3.63, 3.8) is 0 Å². The summed E-state index contributed by atoms with van der Waals surface area (Å²) in [4.78, 5) is 10.1. The van der Waals surface area contributed by atoms with Crippen molar-refractivity contribution in [2.75, 3.05) is 0 Å². The normalized spacial score (nSPS) is 17.4. The zero-order valence-corrected chi connectivity index (χ0v) is 9.27. The molecule has 0 aromatic heterocycles. The molecule has 0 fully saturated rings. The van der Waals surface area contributed by atoms with Crippen LogP contribution >= 0.6 is 0 Å². The maximum Gasteiger partial charge on any atom is 0.236 e. The molecule has 0 spiro atoms. The molecular formula is C10H21NO3. The fraction of sp³-hybridized carbons (Fsp3) is 1.00. The van der Waals surface area contributed by atoms with Crippen LogP contribution in [-0.2, 0) is 0 Å². The van der Waals surface area contributed by atoms with Crippen molar-refractivity contribution in [3.05, 3.63) is 10.1 Å². The summed E-state index contributed by atoms with van der Waals surface area (Å²) in [7, 11) is 0. The van der Waals surface area contributed by atoms with Gasteiger partial charge in [0.15, 0.2) is 0 Å². The van der Waals surface area contributed by atoms with Gasteiger partial charge in [0.05, 0.1) is 0 Å². The molecule has 0 amide bonds. The zero-order valence-electron chi connectivity index (χ0n) is 9.27. The molecule has 0 aromatic rings. The quantitative estimate of drug-likeness (QED) is 0.509. The first-order valence-electron chi connectivity index (χ1n) is 5.36. The van der Waals surface area contributed by atoms with Gasteiger partial charge < -0.3 is 5.11 Å². The Morgan fingerprint density at radius 1 is 1.43 bits per heavy atom. The SMILES string of the molecule is CCCCC(CC)C(O)C(C)[N+](=O)[O-]. The highest BCUT2D eigenvalue weighted by atomic mass is 16.6. The molecule has 84 valence electrons. The standard InChI is InChI=1S/C10H21NO3/c1-4-6-7-9(5-2)10(12)8(3)11(13)14/h8-10,12H,4-7H2,1-3H3. The van der Waals surface area contributed by atoms with Gasteiger partial charge >= 0.3 is 0 Å². The number of rotatable bonds is 7. The number of aliphatic hydroxyl groups is 1. The molecule has 1 N–H and O–H groups in total. The van der Waals surface area contributed by atoms with E-state index >= 15 is 0 Å². The van der Waals surface area contributed by atoms with E-state index in [1.54, 1.807) is 0 Å². The fourth-order valence-electron chi connectivity index (χ4n) is 1.60. The molecule has 0 rings (SSSR count). The minimum absolute atomic E-state index is 0.0651. The molecule has 0 radical (unpaired) electrons. The van der Waals surface area contributed by atoms with Crippen molar-refractivity contribution in [2.45, 2.75) is 58.6 Å². The Morgan fingerprint density at radius 3 is 2.36 bits per heavy atom. The van der Waals surface area contributed by atoms with Crippen LogP contribution in [0, 0.1) is 16.0 Å². The smallest absolute Gasteiger partial charge is 0.236 e. The lowest BCUT2D eigenvalue weighted by molar-refractivity contribution is -0.532. The predicted octanol–water partition coefficient (Wildman–Crippen LogP) is 2.23. The van der Waals surface area contributed by atoms with E-state index in [-0.39, 0.29) is 5.92 Å². The molecule has 0 saturated carbocycles. The first-order chi connectivity index (χ1) is 6.54. The molecule has 3 unspecified atom stereocenters. The van der Waals surface area contributed by atoms with Crippen molar-refractivity contribution < 1.29 is 10.0 Å². The number of nitro groups is 1. The summed E-state index contributed by atoms with van der Waals surface area (Å²) < 4.78 is 0. The van der Waals surface area contributed by atoms with Crippen molar-refractivity contribution in [2.24, 2.45) is 5.92 Å². The Labute approximate surface area is 85.5 Å². The Kier molecular flexibility index (Phi) is 6.45. The van der Waals surface area contributed by atoms with E-state index in [1.807, 2.05) is 6.92 Å². The van der Waals surface area contributed by atoms with Gasteiger partial charge in [0.25, 0.3) is 0 Å². The van der Waals surface area contributed by atoms with E-state index < -0.39 is 17.1 Å². The van der Waals surface area contributed by atoms with Crippen LogP contribution in [0.2, 0.25) is 0 Å². The zero-order chi connectivity index (χ0) is 11.1. The monoisotopic (exact) mass is 203 g/mol. The molecule has 0 bridgehead atoms. The topological polar surface area (TPSA) is 63.4 Å². The van der Waals surface area contributed by atoms with E-state index in [2.05, 4.69) is 6.92 Å². The number of nitrogens with zero attached hydrogens (tertiary/aromatic N) is 1. The van der Waals surface area contributed by atoms with Gasteiger partial charge in [0, 0.05) is 11.8 Å². The molecule has 14 heavy (non-hydrogen) atoms. The maximum absolute atomic E-state index is 10.5. The molecule has 0 aliphatic heterocycles. The maximum atomic E-state index is 10.5. The Balaban J connectivity index is 4.14. The minimum Gasteiger partial charge on any atom is -0.386 e. The molecular weight excluding hydrogens is 182 g/mol. The Morgan fingerprint density at radius 2 is 2.00 bits per heavy atom. The summed E-state index contributed by atoms with van der Waals surface area (Å²) >= 11 is 0. The van der Waals surface area contributed by atoms with Crippen molar-refractivity contribution >= 4 is 0 Å². The van der Waals surface area contributed by atoms with Gasteiger partial charge in [-0.3, -0.25) is 10.1 Å². The molecule has 0 aliphatic carbocycles. The predicted molar refractivity (Wildman–Crippen MR) is 55.8 cm³/mol. The van der Waals surface area contributed by atoms with Crippen molar-refractivity contribution in [1.29, 1.82) is 0 Å². The highest BCUT2D eigenvalue weighted by Crippen LogP contribution is 2.20. The number of unbranched alkanes of at least 4 members (excludes halogenated alkanes) is 1. The lowest BCUT2D eigenvalue weighted by Crippen LogP contribution is -2.36. The van der Waals surface area contributed by atoms with Crippen LogP contribution < -0.4 is 0 Å².